The highest BCUT2D eigenvalue weighted by molar-refractivity contribution is 6.10. The average molecular weight is 863 g/mol. The van der Waals surface area contributed by atoms with Gasteiger partial charge in [0.2, 0.25) is 22.8 Å². The Labute approximate surface area is 377 Å². The number of fused-ring (bicyclic) bond motifs is 6. The summed E-state index contributed by atoms with van der Waals surface area (Å²) in [7, 11) is 4.07. The molecule has 10 aromatic rings. The van der Waals surface area contributed by atoms with E-state index in [0.29, 0.717) is 34.5 Å². The molecule has 1 unspecified atom stereocenters. The minimum absolute atomic E-state index is 0.0251. The lowest BCUT2D eigenvalue weighted by Crippen LogP contribution is -2.30. The lowest BCUT2D eigenvalue weighted by atomic mass is 9.86. The van der Waals surface area contributed by atoms with Gasteiger partial charge in [-0.25, -0.2) is 27.9 Å². The Bertz CT molecular complexity index is 3530. The van der Waals surface area contributed by atoms with E-state index in [1.54, 1.807) is 12.3 Å². The molecule has 0 N–H and O–H groups in total. The van der Waals surface area contributed by atoms with Crippen LogP contribution in [0.5, 0.6) is 0 Å². The van der Waals surface area contributed by atoms with Crippen LogP contribution >= 0.6 is 0 Å². The first kappa shape index (κ1) is 41.9. The van der Waals surface area contributed by atoms with Crippen molar-refractivity contribution in [3.63, 3.8) is 0 Å². The minimum Gasteiger partial charge on any atom is -0.437 e. The maximum atomic E-state index is 16.7. The molecular weight excluding hydrogens is 811 g/mol. The van der Waals surface area contributed by atoms with Crippen LogP contribution in [0, 0.1) is 25.5 Å². The van der Waals surface area contributed by atoms with E-state index in [1.807, 2.05) is 90.6 Å². The van der Waals surface area contributed by atoms with Crippen molar-refractivity contribution in [2.75, 3.05) is 0 Å². The van der Waals surface area contributed by atoms with Crippen molar-refractivity contribution < 1.29 is 26.7 Å². The van der Waals surface area contributed by atoms with E-state index in [4.69, 9.17) is 13.8 Å². The highest BCUT2D eigenvalue weighted by Gasteiger charge is 2.26. The summed E-state index contributed by atoms with van der Waals surface area (Å²) in [5, 5.41) is 3.88. The monoisotopic (exact) mass is 862 g/mol. The number of furan rings is 2. The second-order valence-electron chi connectivity index (χ2n) is 18.5. The van der Waals surface area contributed by atoms with Crippen molar-refractivity contribution in [3.05, 3.63) is 167 Å². The van der Waals surface area contributed by atoms with Gasteiger partial charge in [-0.1, -0.05) is 65.0 Å². The highest BCUT2D eigenvalue weighted by Crippen LogP contribution is 2.41. The van der Waals surface area contributed by atoms with Crippen LogP contribution < -0.4 is 9.13 Å². The maximum Gasteiger partial charge on any atom is 0.227 e. The SMILES string of the molecule is Cc1ccc2c(oc3ncccc32)c1-c1cc(-c2cc(C(C)C)c(F)c(C(C)Cc3cnc4oc5c(-c6cc(-c7ccc(F)c(C(C)C)c7)cc[n+]6C)c(C)ccc5c4c3)c2)cc[n+]1C. The largest absolute Gasteiger partial charge is 0.437 e. The summed E-state index contributed by atoms with van der Waals surface area (Å²) in [4.78, 5) is 9.36. The molecule has 0 radical (unpaired) electrons. The Morgan fingerprint density at radius 1 is 0.554 bits per heavy atom. The summed E-state index contributed by atoms with van der Waals surface area (Å²) in [5.41, 5.74) is 15.8. The second-order valence-corrected chi connectivity index (χ2v) is 18.5. The van der Waals surface area contributed by atoms with Gasteiger partial charge in [0.15, 0.2) is 23.6 Å². The quantitative estimate of drug-likeness (QED) is 0.136. The van der Waals surface area contributed by atoms with Gasteiger partial charge in [-0.2, -0.15) is 0 Å². The number of rotatable bonds is 9. The van der Waals surface area contributed by atoms with Gasteiger partial charge >= 0.3 is 0 Å². The van der Waals surface area contributed by atoms with Crippen LogP contribution in [-0.2, 0) is 20.5 Å². The molecule has 0 spiro atoms. The minimum atomic E-state index is -0.188. The Balaban J connectivity index is 1.01. The van der Waals surface area contributed by atoms with Crippen molar-refractivity contribution in [2.45, 2.75) is 72.6 Å². The molecule has 0 saturated carbocycles. The predicted molar refractivity (Wildman–Crippen MR) is 257 cm³/mol. The summed E-state index contributed by atoms with van der Waals surface area (Å²) in [5.74, 6) is -0.470. The van der Waals surface area contributed by atoms with Crippen molar-refractivity contribution in [1.82, 2.24) is 9.97 Å². The Kier molecular flexibility index (Phi) is 10.4. The van der Waals surface area contributed by atoms with Crippen LogP contribution in [0.25, 0.3) is 88.9 Å². The topological polar surface area (TPSA) is 59.8 Å². The van der Waals surface area contributed by atoms with Gasteiger partial charge in [0, 0.05) is 58.2 Å². The van der Waals surface area contributed by atoms with Gasteiger partial charge in [-0.05, 0) is 136 Å². The van der Waals surface area contributed by atoms with E-state index in [0.717, 1.165) is 94.2 Å². The van der Waals surface area contributed by atoms with Gasteiger partial charge in [0.05, 0.1) is 11.1 Å². The Morgan fingerprint density at radius 2 is 1.11 bits per heavy atom. The molecular formula is C57H52F2N4O2+2. The van der Waals surface area contributed by atoms with Crippen molar-refractivity contribution in [3.8, 4) is 44.8 Å². The predicted octanol–water partition coefficient (Wildman–Crippen LogP) is 14.1. The third-order valence-corrected chi connectivity index (χ3v) is 13.3. The molecule has 8 heteroatoms. The van der Waals surface area contributed by atoms with Crippen molar-refractivity contribution in [1.29, 1.82) is 0 Å². The fraction of sp³-hybridized carbons (Fsp3) is 0.228. The zero-order valence-corrected chi connectivity index (χ0v) is 38.3. The summed E-state index contributed by atoms with van der Waals surface area (Å²) < 4.78 is 48.7. The normalized spacial score (nSPS) is 12.5. The molecule has 1 atom stereocenters. The lowest BCUT2D eigenvalue weighted by molar-refractivity contribution is -0.660. The fourth-order valence-electron chi connectivity index (χ4n) is 9.63. The summed E-state index contributed by atoms with van der Waals surface area (Å²) in [6.45, 7) is 14.4. The first-order valence-corrected chi connectivity index (χ1v) is 22.5. The molecule has 0 aliphatic rings. The Hall–Kier alpha value is -7.06. The number of halogens is 2. The van der Waals surface area contributed by atoms with Crippen molar-refractivity contribution >= 4 is 44.1 Å². The smallest absolute Gasteiger partial charge is 0.227 e. The van der Waals surface area contributed by atoms with E-state index < -0.39 is 0 Å². The van der Waals surface area contributed by atoms with Crippen molar-refractivity contribution in [2.24, 2.45) is 14.1 Å². The lowest BCUT2D eigenvalue weighted by Gasteiger charge is -2.19. The number of hydrogen-bond donors (Lipinski definition) is 0. The molecule has 6 nitrogen and oxygen atoms in total. The number of aromatic nitrogens is 4. The maximum absolute atomic E-state index is 16.7. The Morgan fingerprint density at radius 3 is 1.74 bits per heavy atom. The first-order chi connectivity index (χ1) is 31.2. The highest BCUT2D eigenvalue weighted by atomic mass is 19.1. The molecule has 0 fully saturated rings. The van der Waals surface area contributed by atoms with Crippen LogP contribution in [0.2, 0.25) is 0 Å². The third-order valence-electron chi connectivity index (χ3n) is 13.3. The number of hydrogen-bond acceptors (Lipinski definition) is 4. The zero-order valence-electron chi connectivity index (χ0n) is 38.3. The molecule has 10 rings (SSSR count). The van der Waals surface area contributed by atoms with E-state index in [2.05, 4.69) is 95.7 Å². The molecule has 4 aromatic carbocycles. The summed E-state index contributed by atoms with van der Waals surface area (Å²) >= 11 is 0. The molecule has 0 aliphatic heterocycles. The van der Waals surface area contributed by atoms with Crippen LogP contribution in [0.4, 0.5) is 8.78 Å². The number of aryl methyl sites for hydroxylation is 4. The number of benzene rings is 4. The molecule has 0 amide bonds. The van der Waals surface area contributed by atoms with Gasteiger partial charge in [-0.15, -0.1) is 0 Å². The van der Waals surface area contributed by atoms with Crippen LogP contribution in [-0.4, -0.2) is 9.97 Å². The zero-order chi connectivity index (χ0) is 45.4. The number of nitrogens with zero attached hydrogens (tertiary/aromatic N) is 4. The molecule has 65 heavy (non-hydrogen) atoms. The molecule has 0 bridgehead atoms. The molecule has 324 valence electrons. The van der Waals surface area contributed by atoms with E-state index in [1.165, 1.54) is 0 Å². The summed E-state index contributed by atoms with van der Waals surface area (Å²) in [6, 6.07) is 32.5. The van der Waals surface area contributed by atoms with E-state index in [9.17, 15) is 4.39 Å². The molecule has 0 saturated heterocycles. The first-order valence-electron chi connectivity index (χ1n) is 22.5. The average Bonchev–Trinajstić information content (AvgIpc) is 3.85. The standard InChI is InChI=1S/C57H52F2N4O2/c1-31(2)44-25-37(14-17-48(44)58)38-18-21-62(8)49(28-38)52-34(6)13-16-42-47-24-36(30-61-57(47)65-55(42)52)23-35(7)46-27-40(26-45(32(3)4)53(46)59)39-19-22-63(9)50(29-39)51-33(5)12-15-41-43-11-10-20-60-56(43)64-54(41)51/h10-22,24-32,35H,23H2,1-9H3/q+2. The number of pyridine rings is 4. The summed E-state index contributed by atoms with van der Waals surface area (Å²) in [6.07, 6.45) is 8.30. The van der Waals surface area contributed by atoms with Gasteiger partial charge in [-0.3, -0.25) is 0 Å². The molecule has 0 aliphatic carbocycles. The fourth-order valence-corrected chi connectivity index (χ4v) is 9.63. The van der Waals surface area contributed by atoms with Crippen LogP contribution in [0.15, 0.2) is 131 Å². The third kappa shape index (κ3) is 7.25. The van der Waals surface area contributed by atoms with Crippen LogP contribution in [0.3, 0.4) is 0 Å². The van der Waals surface area contributed by atoms with Gasteiger partial charge in [0.1, 0.15) is 25.7 Å². The second kappa shape index (κ2) is 16.2. The molecule has 6 heterocycles. The van der Waals surface area contributed by atoms with E-state index in [-0.39, 0.29) is 29.4 Å². The van der Waals surface area contributed by atoms with Gasteiger partial charge < -0.3 is 8.83 Å². The van der Waals surface area contributed by atoms with Gasteiger partial charge in [0.25, 0.3) is 0 Å². The van der Waals surface area contributed by atoms with Crippen LogP contribution in [0.1, 0.15) is 85.8 Å². The molecule has 6 aromatic heterocycles. The van der Waals surface area contributed by atoms with E-state index >= 15 is 4.39 Å².